The van der Waals surface area contributed by atoms with Crippen molar-refractivity contribution in [1.82, 2.24) is 0 Å². The minimum absolute atomic E-state index is 0.352. The SMILES string of the molecule is C#CC(C=CCC)CC. The topological polar surface area (TPSA) is 0 Å². The summed E-state index contributed by atoms with van der Waals surface area (Å²) in [6.45, 7) is 4.21. The van der Waals surface area contributed by atoms with Crippen molar-refractivity contribution in [2.45, 2.75) is 26.7 Å². The van der Waals surface area contributed by atoms with Gasteiger partial charge in [-0.3, -0.25) is 0 Å². The van der Waals surface area contributed by atoms with E-state index >= 15 is 0 Å². The maximum Gasteiger partial charge on any atom is 0.0377 e. The molecular weight excluding hydrogens is 108 g/mol. The Kier molecular flexibility index (Phi) is 5.01. The summed E-state index contributed by atoms with van der Waals surface area (Å²) in [5.41, 5.74) is 0. The molecule has 0 bridgehead atoms. The van der Waals surface area contributed by atoms with Gasteiger partial charge in [0.05, 0.1) is 0 Å². The Morgan fingerprint density at radius 3 is 2.56 bits per heavy atom. The largest absolute Gasteiger partial charge is 0.119 e. The van der Waals surface area contributed by atoms with Crippen LogP contribution in [-0.4, -0.2) is 0 Å². The van der Waals surface area contributed by atoms with Crippen molar-refractivity contribution in [2.75, 3.05) is 0 Å². The van der Waals surface area contributed by atoms with Crippen LogP contribution in [0.1, 0.15) is 26.7 Å². The van der Waals surface area contributed by atoms with Crippen LogP contribution in [0.5, 0.6) is 0 Å². The van der Waals surface area contributed by atoms with Crippen molar-refractivity contribution in [1.29, 1.82) is 0 Å². The summed E-state index contributed by atoms with van der Waals surface area (Å²) in [6, 6.07) is 0. The van der Waals surface area contributed by atoms with E-state index in [-0.39, 0.29) is 0 Å². The third kappa shape index (κ3) is 3.85. The molecule has 0 aromatic heterocycles. The van der Waals surface area contributed by atoms with Crippen molar-refractivity contribution in [2.24, 2.45) is 5.92 Å². The van der Waals surface area contributed by atoms with Crippen LogP contribution in [0.2, 0.25) is 0 Å². The van der Waals surface area contributed by atoms with E-state index in [0.717, 1.165) is 12.8 Å². The Bertz CT molecular complexity index is 114. The zero-order chi connectivity index (χ0) is 7.11. The molecule has 0 heterocycles. The van der Waals surface area contributed by atoms with E-state index in [1.807, 2.05) is 0 Å². The molecule has 0 aliphatic rings. The first-order valence-electron chi connectivity index (χ1n) is 3.47. The second-order valence-corrected chi connectivity index (χ2v) is 2.02. The molecule has 0 N–H and O–H groups in total. The van der Waals surface area contributed by atoms with E-state index < -0.39 is 0 Å². The second-order valence-electron chi connectivity index (χ2n) is 2.02. The van der Waals surface area contributed by atoms with Gasteiger partial charge < -0.3 is 0 Å². The monoisotopic (exact) mass is 122 g/mol. The minimum Gasteiger partial charge on any atom is -0.119 e. The van der Waals surface area contributed by atoms with E-state index in [1.165, 1.54) is 0 Å². The third-order valence-electron chi connectivity index (χ3n) is 1.26. The van der Waals surface area contributed by atoms with Crippen LogP contribution in [0.3, 0.4) is 0 Å². The quantitative estimate of drug-likeness (QED) is 0.398. The molecule has 0 saturated heterocycles. The van der Waals surface area contributed by atoms with Crippen molar-refractivity contribution in [3.8, 4) is 12.3 Å². The van der Waals surface area contributed by atoms with E-state index in [4.69, 9.17) is 6.42 Å². The zero-order valence-electron chi connectivity index (χ0n) is 6.22. The van der Waals surface area contributed by atoms with Gasteiger partial charge in [-0.2, -0.15) is 0 Å². The minimum atomic E-state index is 0.352. The molecule has 0 saturated carbocycles. The predicted octanol–water partition coefficient (Wildman–Crippen LogP) is 2.61. The maximum atomic E-state index is 5.22. The number of terminal acetylenes is 1. The van der Waals surface area contributed by atoms with E-state index in [9.17, 15) is 0 Å². The molecule has 9 heavy (non-hydrogen) atoms. The smallest absolute Gasteiger partial charge is 0.0377 e. The molecule has 0 rings (SSSR count). The highest BCUT2D eigenvalue weighted by molar-refractivity contribution is 5.04. The van der Waals surface area contributed by atoms with E-state index in [2.05, 4.69) is 31.9 Å². The molecule has 0 amide bonds. The summed E-state index contributed by atoms with van der Waals surface area (Å²) in [5.74, 6) is 3.05. The molecule has 0 spiro atoms. The van der Waals surface area contributed by atoms with Crippen LogP contribution in [0.25, 0.3) is 0 Å². The Hall–Kier alpha value is -0.700. The molecule has 0 radical (unpaired) electrons. The van der Waals surface area contributed by atoms with Gasteiger partial charge in [0.1, 0.15) is 0 Å². The van der Waals surface area contributed by atoms with Gasteiger partial charge in [-0.25, -0.2) is 0 Å². The molecule has 50 valence electrons. The lowest BCUT2D eigenvalue weighted by atomic mass is 10.1. The molecule has 0 nitrogen and oxygen atoms in total. The lowest BCUT2D eigenvalue weighted by Gasteiger charge is -1.96. The van der Waals surface area contributed by atoms with Crippen molar-refractivity contribution < 1.29 is 0 Å². The third-order valence-corrected chi connectivity index (χ3v) is 1.26. The number of hydrogen-bond donors (Lipinski definition) is 0. The molecule has 0 fully saturated rings. The fourth-order valence-electron chi connectivity index (χ4n) is 0.610. The average molecular weight is 122 g/mol. The zero-order valence-corrected chi connectivity index (χ0v) is 6.22. The molecule has 0 aromatic carbocycles. The van der Waals surface area contributed by atoms with Gasteiger partial charge in [0.25, 0.3) is 0 Å². The Morgan fingerprint density at radius 1 is 1.56 bits per heavy atom. The normalized spacial score (nSPS) is 13.4. The standard InChI is InChI=1S/C9H14/c1-4-7-8-9(5-2)6-3/h2,7-9H,4,6H2,1,3H3. The van der Waals surface area contributed by atoms with Gasteiger partial charge in [-0.1, -0.05) is 31.9 Å². The molecule has 0 aliphatic heterocycles. The number of rotatable bonds is 3. The number of hydrogen-bond acceptors (Lipinski definition) is 0. The first-order chi connectivity index (χ1) is 4.35. The van der Waals surface area contributed by atoms with Gasteiger partial charge >= 0.3 is 0 Å². The highest BCUT2D eigenvalue weighted by Gasteiger charge is 1.91. The van der Waals surface area contributed by atoms with Crippen molar-refractivity contribution >= 4 is 0 Å². The summed E-state index contributed by atoms with van der Waals surface area (Å²) >= 11 is 0. The summed E-state index contributed by atoms with van der Waals surface area (Å²) < 4.78 is 0. The molecule has 1 unspecified atom stereocenters. The summed E-state index contributed by atoms with van der Waals surface area (Å²) in [4.78, 5) is 0. The lowest BCUT2D eigenvalue weighted by molar-refractivity contribution is 0.797. The average Bonchev–Trinajstić information content (AvgIpc) is 1.91. The van der Waals surface area contributed by atoms with Crippen LogP contribution in [0.4, 0.5) is 0 Å². The van der Waals surface area contributed by atoms with Crippen molar-refractivity contribution in [3.05, 3.63) is 12.2 Å². The molecule has 0 aliphatic carbocycles. The van der Waals surface area contributed by atoms with Gasteiger partial charge in [-0.05, 0) is 12.8 Å². The van der Waals surface area contributed by atoms with Crippen molar-refractivity contribution in [3.63, 3.8) is 0 Å². The summed E-state index contributed by atoms with van der Waals surface area (Å²) in [7, 11) is 0. The van der Waals surface area contributed by atoms with Crippen LogP contribution < -0.4 is 0 Å². The highest BCUT2D eigenvalue weighted by atomic mass is 13.9. The predicted molar refractivity (Wildman–Crippen MR) is 42.0 cm³/mol. The van der Waals surface area contributed by atoms with Crippen LogP contribution >= 0.6 is 0 Å². The van der Waals surface area contributed by atoms with Crippen LogP contribution in [0, 0.1) is 18.3 Å². The fourth-order valence-corrected chi connectivity index (χ4v) is 0.610. The first kappa shape index (κ1) is 8.30. The molecule has 1 atom stereocenters. The van der Waals surface area contributed by atoms with Gasteiger partial charge in [0, 0.05) is 5.92 Å². The summed E-state index contributed by atoms with van der Waals surface area (Å²) in [5, 5.41) is 0. The highest BCUT2D eigenvalue weighted by Crippen LogP contribution is 2.01. The summed E-state index contributed by atoms with van der Waals surface area (Å²) in [6.07, 6.45) is 11.6. The lowest BCUT2D eigenvalue weighted by Crippen LogP contribution is -1.86. The van der Waals surface area contributed by atoms with Crippen LogP contribution in [-0.2, 0) is 0 Å². The van der Waals surface area contributed by atoms with Gasteiger partial charge in [-0.15, -0.1) is 6.42 Å². The Labute approximate surface area is 58.0 Å². The fraction of sp³-hybridized carbons (Fsp3) is 0.556. The van der Waals surface area contributed by atoms with Gasteiger partial charge in [0.15, 0.2) is 0 Å². The van der Waals surface area contributed by atoms with Crippen LogP contribution in [0.15, 0.2) is 12.2 Å². The second kappa shape index (κ2) is 5.44. The van der Waals surface area contributed by atoms with E-state index in [0.29, 0.717) is 5.92 Å². The molecule has 0 aromatic rings. The number of allylic oxidation sites excluding steroid dienone is 2. The van der Waals surface area contributed by atoms with Gasteiger partial charge in [0.2, 0.25) is 0 Å². The Morgan fingerprint density at radius 2 is 2.22 bits per heavy atom. The maximum absolute atomic E-state index is 5.22. The molecule has 0 heteroatoms. The first-order valence-corrected chi connectivity index (χ1v) is 3.47. The Balaban J connectivity index is 3.58. The molecular formula is C9H14. The van der Waals surface area contributed by atoms with E-state index in [1.54, 1.807) is 0 Å².